The Hall–Kier alpha value is -2.62. The summed E-state index contributed by atoms with van der Waals surface area (Å²) in [4.78, 5) is 15.9. The fraction of sp³-hybridized carbons (Fsp3) is 0.455. The van der Waals surface area contributed by atoms with Crippen LogP contribution in [-0.2, 0) is 4.74 Å². The van der Waals surface area contributed by atoms with Crippen LogP contribution in [0.2, 0.25) is 0 Å². The summed E-state index contributed by atoms with van der Waals surface area (Å²) in [6.45, 7) is 12.8. The van der Waals surface area contributed by atoms with Gasteiger partial charge in [-0.25, -0.2) is 9.97 Å². The molecule has 0 spiro atoms. The molecule has 0 unspecified atom stereocenters. The molecule has 1 aromatic heterocycles. The van der Waals surface area contributed by atoms with Gasteiger partial charge in [-0.1, -0.05) is 12.1 Å². The monoisotopic (exact) mass is 441 g/mol. The van der Waals surface area contributed by atoms with Gasteiger partial charge in [0.2, 0.25) is 11.9 Å². The minimum Gasteiger partial charge on any atom is -0.379 e. The summed E-state index contributed by atoms with van der Waals surface area (Å²) in [7, 11) is 0. The third-order valence-corrected chi connectivity index (χ3v) is 5.08. The maximum absolute atomic E-state index is 5.55. The number of nitrogens with one attached hydrogen (secondary N) is 3. The summed E-state index contributed by atoms with van der Waals surface area (Å²) in [6.07, 6.45) is 0. The lowest BCUT2D eigenvalue weighted by molar-refractivity contribution is 0.0394. The Morgan fingerprint density at radius 3 is 2.48 bits per heavy atom. The summed E-state index contributed by atoms with van der Waals surface area (Å²) >= 11 is 5.55. The van der Waals surface area contributed by atoms with Gasteiger partial charge in [0.15, 0.2) is 5.11 Å². The van der Waals surface area contributed by atoms with Crippen LogP contribution in [0.5, 0.6) is 0 Å². The zero-order valence-electron chi connectivity index (χ0n) is 18.7. The van der Waals surface area contributed by atoms with Crippen LogP contribution in [0.4, 0.5) is 11.6 Å². The van der Waals surface area contributed by atoms with E-state index in [1.807, 2.05) is 26.8 Å². The van der Waals surface area contributed by atoms with Gasteiger partial charge in [0.05, 0.1) is 19.8 Å². The average Bonchev–Trinajstić information content (AvgIpc) is 2.70. The fourth-order valence-corrected chi connectivity index (χ4v) is 3.46. The van der Waals surface area contributed by atoms with Crippen LogP contribution in [0, 0.1) is 27.7 Å². The second-order valence-electron chi connectivity index (χ2n) is 7.68. The number of thiocarbonyl (C=S) groups is 1. The first-order valence-corrected chi connectivity index (χ1v) is 10.9. The lowest BCUT2D eigenvalue weighted by Gasteiger charge is -2.25. The van der Waals surface area contributed by atoms with Crippen molar-refractivity contribution in [2.45, 2.75) is 27.7 Å². The van der Waals surface area contributed by atoms with Crippen molar-refractivity contribution >= 4 is 34.9 Å². The third-order valence-electron chi connectivity index (χ3n) is 4.88. The van der Waals surface area contributed by atoms with Crippen molar-refractivity contribution < 1.29 is 4.74 Å². The Kier molecular flexibility index (Phi) is 8.27. The Bertz CT molecular complexity index is 921. The lowest BCUT2D eigenvalue weighted by atomic mass is 10.1. The molecule has 166 valence electrons. The smallest absolute Gasteiger partial charge is 0.229 e. The molecule has 0 atom stereocenters. The third kappa shape index (κ3) is 7.54. The molecule has 0 aliphatic carbocycles. The molecular weight excluding hydrogens is 410 g/mol. The molecule has 0 radical (unpaired) electrons. The molecule has 2 heterocycles. The molecule has 1 aromatic carbocycles. The molecule has 3 N–H and O–H groups in total. The van der Waals surface area contributed by atoms with Gasteiger partial charge in [-0.3, -0.25) is 15.2 Å². The molecule has 1 fully saturated rings. The molecule has 1 aliphatic rings. The van der Waals surface area contributed by atoms with Crippen LogP contribution in [0.15, 0.2) is 29.3 Å². The van der Waals surface area contributed by atoms with Crippen LogP contribution in [0.1, 0.15) is 22.5 Å². The number of aliphatic imine (C=N–C) groups is 1. The Balaban J connectivity index is 1.69. The summed E-state index contributed by atoms with van der Waals surface area (Å²) in [5.74, 6) is 1.01. The van der Waals surface area contributed by atoms with Crippen molar-refractivity contribution in [3.63, 3.8) is 0 Å². The highest BCUT2D eigenvalue weighted by Crippen LogP contribution is 2.16. The van der Waals surface area contributed by atoms with Crippen LogP contribution in [-0.4, -0.2) is 65.3 Å². The number of aryl methyl sites for hydroxylation is 4. The van der Waals surface area contributed by atoms with Crippen LogP contribution in [0.25, 0.3) is 0 Å². The number of morpholine rings is 1. The highest BCUT2D eigenvalue weighted by Gasteiger charge is 2.11. The minimum absolute atomic E-state index is 0.454. The van der Waals surface area contributed by atoms with E-state index in [0.717, 1.165) is 61.1 Å². The van der Waals surface area contributed by atoms with Crippen LogP contribution >= 0.6 is 12.2 Å². The van der Waals surface area contributed by atoms with Gasteiger partial charge in [0.25, 0.3) is 0 Å². The Morgan fingerprint density at radius 1 is 1.06 bits per heavy atom. The molecule has 31 heavy (non-hydrogen) atoms. The average molecular weight is 442 g/mol. The number of benzene rings is 1. The van der Waals surface area contributed by atoms with Gasteiger partial charge < -0.3 is 15.4 Å². The molecule has 1 saturated heterocycles. The van der Waals surface area contributed by atoms with E-state index in [1.54, 1.807) is 0 Å². The van der Waals surface area contributed by atoms with Gasteiger partial charge in [-0.15, -0.1) is 0 Å². The molecule has 1 aliphatic heterocycles. The topological polar surface area (TPSA) is 86.7 Å². The molecule has 3 rings (SSSR count). The summed E-state index contributed by atoms with van der Waals surface area (Å²) in [5.41, 5.74) is 5.02. The highest BCUT2D eigenvalue weighted by atomic mass is 32.1. The van der Waals surface area contributed by atoms with E-state index in [0.29, 0.717) is 23.6 Å². The number of hydrogen-bond donors (Lipinski definition) is 3. The zero-order valence-corrected chi connectivity index (χ0v) is 19.5. The van der Waals surface area contributed by atoms with Crippen molar-refractivity contribution in [2.24, 2.45) is 4.99 Å². The number of anilines is 2. The van der Waals surface area contributed by atoms with Gasteiger partial charge in [0.1, 0.15) is 0 Å². The molecule has 0 amide bonds. The SMILES string of the molecule is Cc1ccc(C)c(NC(=S)NC(=NCCN2CCOCC2)Nc2nc(C)cc(C)n2)c1. The Morgan fingerprint density at radius 2 is 1.77 bits per heavy atom. The van der Waals surface area contributed by atoms with Crippen molar-refractivity contribution in [1.82, 2.24) is 20.2 Å². The number of hydrogen-bond acceptors (Lipinski definition) is 6. The first kappa shape index (κ1) is 23.1. The number of ether oxygens (including phenoxy) is 1. The van der Waals surface area contributed by atoms with E-state index in [-0.39, 0.29) is 0 Å². The predicted octanol–water partition coefficient (Wildman–Crippen LogP) is 2.80. The van der Waals surface area contributed by atoms with Crippen LogP contribution < -0.4 is 16.0 Å². The maximum atomic E-state index is 5.55. The number of guanidine groups is 1. The van der Waals surface area contributed by atoms with E-state index in [9.17, 15) is 0 Å². The number of rotatable bonds is 5. The summed E-state index contributed by atoms with van der Waals surface area (Å²) in [5, 5.41) is 10.1. The van der Waals surface area contributed by atoms with Crippen molar-refractivity contribution in [1.29, 1.82) is 0 Å². The van der Waals surface area contributed by atoms with Gasteiger partial charge in [-0.05, 0) is 63.2 Å². The van der Waals surface area contributed by atoms with Gasteiger partial charge in [0, 0.05) is 36.7 Å². The van der Waals surface area contributed by atoms with Crippen molar-refractivity contribution in [3.8, 4) is 0 Å². The van der Waals surface area contributed by atoms with Gasteiger partial charge >= 0.3 is 0 Å². The standard InChI is InChI=1S/C22H31N7OS/c1-15-5-6-16(2)19(13-15)26-22(31)28-20(23-7-8-29-9-11-30-12-10-29)27-21-24-17(3)14-18(4)25-21/h5-6,13-14H,7-12H2,1-4H3,(H3,23,24,25,26,27,28,31). The second kappa shape index (κ2) is 11.1. The second-order valence-corrected chi connectivity index (χ2v) is 8.09. The van der Waals surface area contributed by atoms with Crippen LogP contribution in [0.3, 0.4) is 0 Å². The molecule has 9 heteroatoms. The molecule has 8 nitrogen and oxygen atoms in total. The molecular formula is C22H31N7OS. The van der Waals surface area contributed by atoms with Crippen molar-refractivity contribution in [2.75, 3.05) is 50.0 Å². The fourth-order valence-electron chi connectivity index (χ4n) is 3.26. The Labute approximate surface area is 189 Å². The largest absolute Gasteiger partial charge is 0.379 e. The first-order chi connectivity index (χ1) is 14.9. The first-order valence-electron chi connectivity index (χ1n) is 10.5. The lowest BCUT2D eigenvalue weighted by Crippen LogP contribution is -2.41. The molecule has 0 saturated carbocycles. The zero-order chi connectivity index (χ0) is 22.2. The van der Waals surface area contributed by atoms with Gasteiger partial charge in [-0.2, -0.15) is 0 Å². The van der Waals surface area contributed by atoms with E-state index in [1.165, 1.54) is 0 Å². The predicted molar refractivity (Wildman–Crippen MR) is 130 cm³/mol. The minimum atomic E-state index is 0.454. The van der Waals surface area contributed by atoms with E-state index in [4.69, 9.17) is 21.9 Å². The van der Waals surface area contributed by atoms with E-state index in [2.05, 4.69) is 55.9 Å². The maximum Gasteiger partial charge on any atom is 0.229 e. The van der Waals surface area contributed by atoms with E-state index >= 15 is 0 Å². The normalized spacial score (nSPS) is 14.9. The van der Waals surface area contributed by atoms with Crippen molar-refractivity contribution in [3.05, 3.63) is 46.8 Å². The molecule has 0 bridgehead atoms. The quantitative estimate of drug-likeness (QED) is 0.371. The summed E-state index contributed by atoms with van der Waals surface area (Å²) < 4.78 is 5.41. The summed E-state index contributed by atoms with van der Waals surface area (Å²) in [6, 6.07) is 8.15. The van der Waals surface area contributed by atoms with E-state index < -0.39 is 0 Å². The highest BCUT2D eigenvalue weighted by molar-refractivity contribution is 7.80. The number of aromatic nitrogens is 2. The number of nitrogens with zero attached hydrogens (tertiary/aromatic N) is 4. The molecule has 2 aromatic rings.